The van der Waals surface area contributed by atoms with Gasteiger partial charge in [0.2, 0.25) is 0 Å². The van der Waals surface area contributed by atoms with Gasteiger partial charge in [-0.05, 0) is 43.5 Å². The fourth-order valence-electron chi connectivity index (χ4n) is 3.40. The van der Waals surface area contributed by atoms with Crippen molar-refractivity contribution in [1.29, 1.82) is 0 Å². The smallest absolute Gasteiger partial charge is 0.159 e. The van der Waals surface area contributed by atoms with Crippen LogP contribution in [0.15, 0.2) is 18.2 Å². The second kappa shape index (κ2) is 6.19. The van der Waals surface area contributed by atoms with Gasteiger partial charge >= 0.3 is 0 Å². The molecule has 2 N–H and O–H groups in total. The van der Waals surface area contributed by atoms with Crippen molar-refractivity contribution in [2.75, 3.05) is 13.6 Å². The molecule has 1 aliphatic carbocycles. The molecule has 1 aromatic carbocycles. The minimum atomic E-state index is -0.795. The van der Waals surface area contributed by atoms with Crippen molar-refractivity contribution in [2.45, 2.75) is 44.7 Å². The summed E-state index contributed by atoms with van der Waals surface area (Å²) in [5, 5.41) is 0. The molecule has 0 saturated heterocycles. The van der Waals surface area contributed by atoms with E-state index in [1.165, 1.54) is 25.0 Å². The highest BCUT2D eigenvalue weighted by Crippen LogP contribution is 2.36. The highest BCUT2D eigenvalue weighted by atomic mass is 19.2. The second-order valence-corrected chi connectivity index (χ2v) is 6.23. The Morgan fingerprint density at radius 2 is 2.10 bits per heavy atom. The van der Waals surface area contributed by atoms with E-state index in [0.29, 0.717) is 19.0 Å². The lowest BCUT2D eigenvalue weighted by Crippen LogP contribution is -2.54. The number of hydrogen-bond donors (Lipinski definition) is 1. The number of nitrogens with two attached hydrogens (primary N) is 1. The van der Waals surface area contributed by atoms with Gasteiger partial charge in [0.1, 0.15) is 0 Å². The summed E-state index contributed by atoms with van der Waals surface area (Å²) in [5.41, 5.74) is 6.81. The lowest BCUT2D eigenvalue weighted by molar-refractivity contribution is 0.0553. The molecular formula is C16H24F2N2. The van der Waals surface area contributed by atoms with E-state index in [1.54, 1.807) is 6.07 Å². The second-order valence-electron chi connectivity index (χ2n) is 6.23. The number of nitrogens with zero attached hydrogens (tertiary/aromatic N) is 1. The third-order valence-electron chi connectivity index (χ3n) is 4.66. The van der Waals surface area contributed by atoms with E-state index in [9.17, 15) is 8.78 Å². The van der Waals surface area contributed by atoms with E-state index < -0.39 is 11.6 Å². The van der Waals surface area contributed by atoms with Crippen molar-refractivity contribution >= 4 is 0 Å². The van der Waals surface area contributed by atoms with Crippen molar-refractivity contribution in [3.05, 3.63) is 35.4 Å². The predicted molar refractivity (Wildman–Crippen MR) is 77.2 cm³/mol. The Hall–Kier alpha value is -1.00. The molecule has 0 spiro atoms. The summed E-state index contributed by atoms with van der Waals surface area (Å²) in [6.07, 6.45) is 4.58. The van der Waals surface area contributed by atoms with Gasteiger partial charge in [0.25, 0.3) is 0 Å². The number of halogens is 2. The van der Waals surface area contributed by atoms with E-state index in [4.69, 9.17) is 5.73 Å². The van der Waals surface area contributed by atoms with Gasteiger partial charge in [-0.3, -0.25) is 4.90 Å². The van der Waals surface area contributed by atoms with Crippen LogP contribution in [0.2, 0.25) is 0 Å². The summed E-state index contributed by atoms with van der Waals surface area (Å²) in [5.74, 6) is -0.911. The lowest BCUT2D eigenvalue weighted by atomic mass is 9.75. The topological polar surface area (TPSA) is 29.3 Å². The van der Waals surface area contributed by atoms with Crippen LogP contribution >= 0.6 is 0 Å². The van der Waals surface area contributed by atoms with Crippen molar-refractivity contribution < 1.29 is 8.78 Å². The summed E-state index contributed by atoms with van der Waals surface area (Å²) in [6.45, 7) is 3.47. The lowest BCUT2D eigenvalue weighted by Gasteiger charge is -2.46. The highest BCUT2D eigenvalue weighted by Gasteiger charge is 2.37. The van der Waals surface area contributed by atoms with Crippen LogP contribution in [0, 0.1) is 17.6 Å². The first-order chi connectivity index (χ1) is 9.47. The molecule has 2 atom stereocenters. The Morgan fingerprint density at radius 3 is 2.70 bits per heavy atom. The summed E-state index contributed by atoms with van der Waals surface area (Å²) in [6, 6.07) is 4.12. The minimum absolute atomic E-state index is 0.0114. The van der Waals surface area contributed by atoms with Crippen molar-refractivity contribution in [3.8, 4) is 0 Å². The van der Waals surface area contributed by atoms with Gasteiger partial charge in [0, 0.05) is 18.6 Å². The Labute approximate surface area is 120 Å². The van der Waals surface area contributed by atoms with Gasteiger partial charge in [-0.1, -0.05) is 25.8 Å². The predicted octanol–water partition coefficient (Wildman–Crippen LogP) is 3.30. The Morgan fingerprint density at radius 1 is 1.35 bits per heavy atom. The average molecular weight is 282 g/mol. The molecule has 1 saturated carbocycles. The third-order valence-corrected chi connectivity index (χ3v) is 4.66. The molecule has 0 heterocycles. The molecule has 112 valence electrons. The summed E-state index contributed by atoms with van der Waals surface area (Å²) in [4.78, 5) is 2.22. The Balaban J connectivity index is 2.12. The Bertz CT molecular complexity index is 464. The van der Waals surface area contributed by atoms with E-state index in [2.05, 4.69) is 11.8 Å². The number of hydrogen-bond acceptors (Lipinski definition) is 2. The third kappa shape index (κ3) is 3.18. The van der Waals surface area contributed by atoms with E-state index in [1.807, 2.05) is 7.05 Å². The highest BCUT2D eigenvalue weighted by molar-refractivity contribution is 5.18. The van der Waals surface area contributed by atoms with Crippen LogP contribution in [0.4, 0.5) is 8.78 Å². The van der Waals surface area contributed by atoms with Crippen LogP contribution in [0.5, 0.6) is 0 Å². The van der Waals surface area contributed by atoms with Crippen molar-refractivity contribution in [2.24, 2.45) is 11.7 Å². The molecule has 0 aliphatic heterocycles. The molecule has 1 aromatic rings. The van der Waals surface area contributed by atoms with Crippen LogP contribution in [0.25, 0.3) is 0 Å². The van der Waals surface area contributed by atoms with Gasteiger partial charge in [-0.15, -0.1) is 0 Å². The van der Waals surface area contributed by atoms with Gasteiger partial charge in [0.15, 0.2) is 11.6 Å². The summed E-state index contributed by atoms with van der Waals surface area (Å²) >= 11 is 0. The maximum atomic E-state index is 13.3. The molecule has 0 radical (unpaired) electrons. The van der Waals surface area contributed by atoms with E-state index in [-0.39, 0.29) is 5.54 Å². The SMILES string of the molecule is CC1CCCC(CN)(N(C)Cc2ccc(F)c(F)c2)C1. The average Bonchev–Trinajstić information content (AvgIpc) is 2.42. The quantitative estimate of drug-likeness (QED) is 0.918. The molecule has 20 heavy (non-hydrogen) atoms. The van der Waals surface area contributed by atoms with Crippen LogP contribution < -0.4 is 5.73 Å². The molecule has 2 nitrogen and oxygen atoms in total. The first-order valence-corrected chi connectivity index (χ1v) is 7.32. The Kier molecular flexibility index (Phi) is 4.76. The largest absolute Gasteiger partial charge is 0.329 e. The number of likely N-dealkylation sites (N-methyl/N-ethyl adjacent to an activating group) is 1. The van der Waals surface area contributed by atoms with E-state index >= 15 is 0 Å². The molecule has 4 heteroatoms. The molecular weight excluding hydrogens is 258 g/mol. The molecule has 1 fully saturated rings. The normalized spacial score (nSPS) is 27.0. The monoisotopic (exact) mass is 282 g/mol. The molecule has 0 aromatic heterocycles. The zero-order valence-corrected chi connectivity index (χ0v) is 12.3. The zero-order chi connectivity index (χ0) is 14.8. The first-order valence-electron chi connectivity index (χ1n) is 7.32. The molecule has 0 amide bonds. The maximum absolute atomic E-state index is 13.3. The van der Waals surface area contributed by atoms with E-state index in [0.717, 1.165) is 18.4 Å². The first kappa shape index (κ1) is 15.4. The fourth-order valence-corrected chi connectivity index (χ4v) is 3.40. The minimum Gasteiger partial charge on any atom is -0.329 e. The number of rotatable bonds is 4. The van der Waals surface area contributed by atoms with Crippen molar-refractivity contribution in [1.82, 2.24) is 4.90 Å². The van der Waals surface area contributed by atoms with Crippen LogP contribution in [-0.2, 0) is 6.54 Å². The molecule has 2 unspecified atom stereocenters. The van der Waals surface area contributed by atoms with Crippen LogP contribution in [0.3, 0.4) is 0 Å². The molecule has 2 rings (SSSR count). The number of benzene rings is 1. The standard InChI is InChI=1S/C16H24F2N2/c1-12-4-3-7-16(9-12,11-19)20(2)10-13-5-6-14(17)15(18)8-13/h5-6,8,12H,3-4,7,9-11,19H2,1-2H3. The van der Waals surface area contributed by atoms with Gasteiger partial charge in [-0.25, -0.2) is 8.78 Å². The van der Waals surface area contributed by atoms with Crippen molar-refractivity contribution in [3.63, 3.8) is 0 Å². The summed E-state index contributed by atoms with van der Waals surface area (Å²) < 4.78 is 26.3. The fraction of sp³-hybridized carbons (Fsp3) is 0.625. The van der Waals surface area contributed by atoms with Crippen LogP contribution in [-0.4, -0.2) is 24.0 Å². The maximum Gasteiger partial charge on any atom is 0.159 e. The van der Waals surface area contributed by atoms with Gasteiger partial charge in [-0.2, -0.15) is 0 Å². The zero-order valence-electron chi connectivity index (χ0n) is 12.3. The molecule has 0 bridgehead atoms. The van der Waals surface area contributed by atoms with Gasteiger partial charge < -0.3 is 5.73 Å². The van der Waals surface area contributed by atoms with Crippen LogP contribution in [0.1, 0.15) is 38.2 Å². The summed E-state index contributed by atoms with van der Waals surface area (Å²) in [7, 11) is 2.03. The molecule has 1 aliphatic rings. The van der Waals surface area contributed by atoms with Gasteiger partial charge in [0.05, 0.1) is 0 Å².